The van der Waals surface area contributed by atoms with E-state index in [1.54, 1.807) is 12.3 Å². The summed E-state index contributed by atoms with van der Waals surface area (Å²) < 4.78 is 27.7. The van der Waals surface area contributed by atoms with E-state index >= 15 is 0 Å². The summed E-state index contributed by atoms with van der Waals surface area (Å²) in [5.74, 6) is 0. The molecule has 0 saturated heterocycles. The van der Waals surface area contributed by atoms with Crippen LogP contribution in [0.25, 0.3) is 10.9 Å². The number of fused-ring (bicyclic) bond motifs is 1. The van der Waals surface area contributed by atoms with E-state index in [0.717, 1.165) is 18.4 Å². The van der Waals surface area contributed by atoms with E-state index in [2.05, 4.69) is 0 Å². The number of rotatable bonds is 2. The van der Waals surface area contributed by atoms with Crippen LogP contribution in [0.3, 0.4) is 0 Å². The molecule has 0 atom stereocenters. The van der Waals surface area contributed by atoms with Crippen molar-refractivity contribution >= 4 is 16.6 Å². The van der Waals surface area contributed by atoms with Crippen molar-refractivity contribution in [2.75, 3.05) is 5.73 Å². The second kappa shape index (κ2) is 3.20. The van der Waals surface area contributed by atoms with Gasteiger partial charge < -0.3 is 10.3 Å². The van der Waals surface area contributed by atoms with Crippen molar-refractivity contribution in [2.24, 2.45) is 0 Å². The van der Waals surface area contributed by atoms with Crippen molar-refractivity contribution in [3.05, 3.63) is 30.0 Å². The number of hydrogen-bond acceptors (Lipinski definition) is 1. The highest BCUT2D eigenvalue weighted by Gasteiger charge is 2.28. The number of aromatic nitrogens is 1. The molecule has 4 heteroatoms. The van der Waals surface area contributed by atoms with E-state index in [1.165, 1.54) is 0 Å². The van der Waals surface area contributed by atoms with Gasteiger partial charge >= 0.3 is 0 Å². The SMILES string of the molecule is Nc1cccc2c1c(C(F)F)cn2C1CC1. The standard InChI is InChI=1S/C12H12F2N2/c13-12(14)8-6-16(7-4-5-7)10-3-1-2-9(15)11(8)10/h1-3,6-7,12H,4-5,15H2. The predicted octanol–water partition coefficient (Wildman–Crippen LogP) is 3.50. The minimum absolute atomic E-state index is 0.0556. The topological polar surface area (TPSA) is 30.9 Å². The van der Waals surface area contributed by atoms with Gasteiger partial charge in [-0.2, -0.15) is 0 Å². The summed E-state index contributed by atoms with van der Waals surface area (Å²) in [5.41, 5.74) is 7.11. The minimum Gasteiger partial charge on any atom is -0.398 e. The quantitative estimate of drug-likeness (QED) is 0.774. The molecular weight excluding hydrogens is 210 g/mol. The van der Waals surface area contributed by atoms with Gasteiger partial charge in [-0.05, 0) is 25.0 Å². The Bertz CT molecular complexity index is 541. The van der Waals surface area contributed by atoms with Crippen LogP contribution in [0.5, 0.6) is 0 Å². The summed E-state index contributed by atoms with van der Waals surface area (Å²) in [6.45, 7) is 0. The summed E-state index contributed by atoms with van der Waals surface area (Å²) in [5, 5.41) is 0.518. The summed E-state index contributed by atoms with van der Waals surface area (Å²) >= 11 is 0. The molecule has 16 heavy (non-hydrogen) atoms. The maximum absolute atomic E-state index is 12.9. The third kappa shape index (κ3) is 1.29. The summed E-state index contributed by atoms with van der Waals surface area (Å²) in [6, 6.07) is 5.73. The lowest BCUT2D eigenvalue weighted by molar-refractivity contribution is 0.153. The Balaban J connectivity index is 2.33. The molecule has 1 aromatic heterocycles. The van der Waals surface area contributed by atoms with Crippen molar-refractivity contribution in [1.29, 1.82) is 0 Å². The zero-order valence-corrected chi connectivity index (χ0v) is 8.66. The molecule has 84 valence electrons. The summed E-state index contributed by atoms with van der Waals surface area (Å²) in [7, 11) is 0. The summed E-state index contributed by atoms with van der Waals surface area (Å²) in [4.78, 5) is 0. The van der Waals surface area contributed by atoms with Gasteiger partial charge in [-0.1, -0.05) is 6.07 Å². The molecule has 1 saturated carbocycles. The molecule has 2 nitrogen and oxygen atoms in total. The van der Waals surface area contributed by atoms with E-state index in [9.17, 15) is 8.78 Å². The highest BCUT2D eigenvalue weighted by molar-refractivity contribution is 5.94. The van der Waals surface area contributed by atoms with Gasteiger partial charge in [-0.25, -0.2) is 8.78 Å². The molecule has 1 aliphatic rings. The lowest BCUT2D eigenvalue weighted by atomic mass is 10.1. The molecule has 0 radical (unpaired) electrons. The van der Waals surface area contributed by atoms with E-state index in [-0.39, 0.29) is 5.56 Å². The number of alkyl halides is 2. The Morgan fingerprint density at radius 1 is 1.31 bits per heavy atom. The Kier molecular flexibility index (Phi) is 1.93. The molecule has 1 heterocycles. The predicted molar refractivity (Wildman–Crippen MR) is 59.6 cm³/mol. The van der Waals surface area contributed by atoms with Crippen LogP contribution in [0.1, 0.15) is 30.9 Å². The molecule has 0 aliphatic heterocycles. The monoisotopic (exact) mass is 222 g/mol. The third-order valence-corrected chi connectivity index (χ3v) is 3.10. The molecule has 2 N–H and O–H groups in total. The van der Waals surface area contributed by atoms with E-state index < -0.39 is 6.43 Å². The number of halogens is 2. The number of nitrogens with zero attached hydrogens (tertiary/aromatic N) is 1. The maximum Gasteiger partial charge on any atom is 0.265 e. The molecule has 1 aromatic carbocycles. The molecule has 1 aliphatic carbocycles. The average Bonchev–Trinajstić information content (AvgIpc) is 2.99. The molecule has 2 aromatic rings. The van der Waals surface area contributed by atoms with Crippen LogP contribution in [0, 0.1) is 0 Å². The largest absolute Gasteiger partial charge is 0.398 e. The van der Waals surface area contributed by atoms with Crippen LogP contribution in [0.4, 0.5) is 14.5 Å². The van der Waals surface area contributed by atoms with Crippen LogP contribution in [0.15, 0.2) is 24.4 Å². The number of hydrogen-bond donors (Lipinski definition) is 1. The number of benzene rings is 1. The molecule has 0 amide bonds. The van der Waals surface area contributed by atoms with Crippen LogP contribution >= 0.6 is 0 Å². The Morgan fingerprint density at radius 3 is 2.69 bits per heavy atom. The molecular formula is C12H12F2N2. The van der Waals surface area contributed by atoms with Gasteiger partial charge in [0.25, 0.3) is 6.43 Å². The fourth-order valence-corrected chi connectivity index (χ4v) is 2.19. The van der Waals surface area contributed by atoms with Crippen LogP contribution in [0.2, 0.25) is 0 Å². The smallest absolute Gasteiger partial charge is 0.265 e. The van der Waals surface area contributed by atoms with E-state index in [4.69, 9.17) is 5.73 Å². The highest BCUT2D eigenvalue weighted by atomic mass is 19.3. The molecule has 3 rings (SSSR count). The van der Waals surface area contributed by atoms with E-state index in [1.807, 2.05) is 16.7 Å². The Morgan fingerprint density at radius 2 is 2.06 bits per heavy atom. The van der Waals surface area contributed by atoms with Gasteiger partial charge in [-0.3, -0.25) is 0 Å². The van der Waals surface area contributed by atoms with Crippen molar-refractivity contribution < 1.29 is 8.78 Å². The molecule has 0 spiro atoms. The van der Waals surface area contributed by atoms with Crippen molar-refractivity contribution in [3.63, 3.8) is 0 Å². The van der Waals surface area contributed by atoms with Gasteiger partial charge in [0, 0.05) is 28.9 Å². The van der Waals surface area contributed by atoms with Crippen molar-refractivity contribution in [2.45, 2.75) is 25.3 Å². The van der Waals surface area contributed by atoms with Crippen LogP contribution < -0.4 is 5.73 Å². The van der Waals surface area contributed by atoms with Gasteiger partial charge in [0.05, 0.1) is 5.52 Å². The molecule has 1 fully saturated rings. The first-order valence-corrected chi connectivity index (χ1v) is 5.35. The van der Waals surface area contributed by atoms with E-state index in [0.29, 0.717) is 17.1 Å². The van der Waals surface area contributed by atoms with Crippen LogP contribution in [-0.4, -0.2) is 4.57 Å². The second-order valence-corrected chi connectivity index (χ2v) is 4.26. The minimum atomic E-state index is -2.47. The van der Waals surface area contributed by atoms with Gasteiger partial charge in [0.1, 0.15) is 0 Å². The zero-order valence-electron chi connectivity index (χ0n) is 8.66. The lowest BCUT2D eigenvalue weighted by Gasteiger charge is -2.02. The number of anilines is 1. The van der Waals surface area contributed by atoms with Gasteiger partial charge in [0.2, 0.25) is 0 Å². The first-order valence-electron chi connectivity index (χ1n) is 5.35. The summed E-state index contributed by atoms with van der Waals surface area (Å²) in [6.07, 6.45) is 1.23. The molecule has 0 unspecified atom stereocenters. The van der Waals surface area contributed by atoms with Crippen molar-refractivity contribution in [1.82, 2.24) is 4.57 Å². The zero-order chi connectivity index (χ0) is 11.3. The first kappa shape index (κ1) is 9.63. The fourth-order valence-electron chi connectivity index (χ4n) is 2.19. The first-order chi connectivity index (χ1) is 7.68. The maximum atomic E-state index is 12.9. The highest BCUT2D eigenvalue weighted by Crippen LogP contribution is 2.42. The van der Waals surface area contributed by atoms with Gasteiger partial charge in [-0.15, -0.1) is 0 Å². The second-order valence-electron chi connectivity index (χ2n) is 4.26. The van der Waals surface area contributed by atoms with Crippen LogP contribution in [-0.2, 0) is 0 Å². The lowest BCUT2D eigenvalue weighted by Crippen LogP contribution is -1.91. The number of nitrogen functional groups attached to an aromatic ring is 1. The fraction of sp³-hybridized carbons (Fsp3) is 0.333. The Hall–Kier alpha value is -1.58. The third-order valence-electron chi connectivity index (χ3n) is 3.10. The van der Waals surface area contributed by atoms with Gasteiger partial charge in [0.15, 0.2) is 0 Å². The average molecular weight is 222 g/mol. The number of nitrogens with two attached hydrogens (primary N) is 1. The van der Waals surface area contributed by atoms with Crippen molar-refractivity contribution in [3.8, 4) is 0 Å². The molecule has 0 bridgehead atoms. The Labute approximate surface area is 91.7 Å². The normalized spacial score (nSPS) is 16.2.